The van der Waals surface area contributed by atoms with Gasteiger partial charge in [0.25, 0.3) is 0 Å². The molecule has 3 aliphatic heterocycles. The lowest BCUT2D eigenvalue weighted by atomic mass is 9.86. The third-order valence-electron chi connectivity index (χ3n) is 6.78. The number of hydrogen-bond acceptors (Lipinski definition) is 8. The van der Waals surface area contributed by atoms with E-state index in [2.05, 4.69) is 19.6 Å². The predicted octanol–water partition coefficient (Wildman–Crippen LogP) is 3.85. The first-order chi connectivity index (χ1) is 17.0. The number of benzene rings is 1. The summed E-state index contributed by atoms with van der Waals surface area (Å²) in [5.74, 6) is -0.833. The van der Waals surface area contributed by atoms with E-state index < -0.39 is 44.1 Å². The van der Waals surface area contributed by atoms with Gasteiger partial charge in [0.05, 0.1) is 19.8 Å². The van der Waals surface area contributed by atoms with E-state index in [9.17, 15) is 5.11 Å². The Bertz CT molecular complexity index is 886. The van der Waals surface area contributed by atoms with Crippen LogP contribution in [-0.4, -0.2) is 81.9 Å². The van der Waals surface area contributed by atoms with Crippen LogP contribution in [0.2, 0.25) is 25.7 Å². The Kier molecular flexibility index (Phi) is 8.76. The molecular formula is C27H42O8Si. The highest BCUT2D eigenvalue weighted by molar-refractivity contribution is 6.76. The van der Waals surface area contributed by atoms with Crippen molar-refractivity contribution >= 4 is 8.07 Å². The molecule has 0 saturated carbocycles. The largest absolute Gasteiger partial charge is 0.393 e. The Morgan fingerprint density at radius 3 is 2.47 bits per heavy atom. The van der Waals surface area contributed by atoms with E-state index >= 15 is 0 Å². The molecule has 1 N–H and O–H groups in total. The van der Waals surface area contributed by atoms with E-state index in [1.165, 1.54) is 0 Å². The Morgan fingerprint density at radius 1 is 1.03 bits per heavy atom. The lowest BCUT2D eigenvalue weighted by Crippen LogP contribution is -2.56. The summed E-state index contributed by atoms with van der Waals surface area (Å²) in [5.41, 5.74) is 0.811. The Balaban J connectivity index is 1.38. The van der Waals surface area contributed by atoms with Crippen molar-refractivity contribution in [2.45, 2.75) is 95.2 Å². The molecule has 36 heavy (non-hydrogen) atoms. The Morgan fingerprint density at radius 2 is 1.78 bits per heavy atom. The van der Waals surface area contributed by atoms with Crippen LogP contribution in [-0.2, 0) is 39.8 Å². The molecule has 202 valence electrons. The second-order valence-corrected chi connectivity index (χ2v) is 17.2. The van der Waals surface area contributed by atoms with E-state index in [1.54, 1.807) is 0 Å². The van der Waals surface area contributed by atoms with Crippen molar-refractivity contribution in [1.82, 2.24) is 0 Å². The molecule has 0 bridgehead atoms. The maximum atomic E-state index is 10.7. The lowest BCUT2D eigenvalue weighted by molar-refractivity contribution is -0.282. The van der Waals surface area contributed by atoms with E-state index in [0.29, 0.717) is 19.8 Å². The summed E-state index contributed by atoms with van der Waals surface area (Å²) >= 11 is 0. The maximum Gasteiger partial charge on any atom is 0.187 e. The molecule has 1 aromatic rings. The standard InChI is InChI=1S/C27H42O8Si/c1-19-14-21(16-30-18-29-12-13-36(4,5)6)32-23(19)27(17-28)24-22(33-26(2,3)34-24)25(35-27)31-15-20-10-8-7-9-11-20/h7-11,14,21-25,28H,12-13,15-18H2,1-6H3/t21-,22+,23-,24-,25+,27-/m1/s1. The SMILES string of the molecule is CC1=C[C@H](COCOCC[Si](C)(C)C)O[C@H]1[C@@]1(CO)O[C@H](OCc2ccccc2)[C@H]2OC(C)(C)O[C@H]21. The van der Waals surface area contributed by atoms with Gasteiger partial charge in [-0.15, -0.1) is 0 Å². The minimum Gasteiger partial charge on any atom is -0.393 e. The van der Waals surface area contributed by atoms with E-state index in [4.69, 9.17) is 33.2 Å². The highest BCUT2D eigenvalue weighted by Gasteiger charge is 2.67. The van der Waals surface area contributed by atoms with Crippen LogP contribution < -0.4 is 0 Å². The normalized spacial score (nSPS) is 33.6. The van der Waals surface area contributed by atoms with Crippen molar-refractivity contribution in [3.63, 3.8) is 0 Å². The minimum absolute atomic E-state index is 0.231. The van der Waals surface area contributed by atoms with Crippen LogP contribution in [0, 0.1) is 0 Å². The molecule has 3 aliphatic rings. The van der Waals surface area contributed by atoms with Gasteiger partial charge in [-0.05, 0) is 38.0 Å². The quantitative estimate of drug-likeness (QED) is 0.192. The monoisotopic (exact) mass is 522 g/mol. The van der Waals surface area contributed by atoms with Crippen LogP contribution in [0.4, 0.5) is 0 Å². The molecule has 3 heterocycles. The van der Waals surface area contributed by atoms with Crippen molar-refractivity contribution in [2.24, 2.45) is 0 Å². The van der Waals surface area contributed by atoms with Crippen LogP contribution in [0.15, 0.2) is 42.0 Å². The molecule has 6 atom stereocenters. The van der Waals surface area contributed by atoms with Crippen LogP contribution in [0.5, 0.6) is 0 Å². The topological polar surface area (TPSA) is 84.8 Å². The minimum atomic E-state index is -1.16. The van der Waals surface area contributed by atoms with Crippen molar-refractivity contribution < 1.29 is 38.3 Å². The number of rotatable bonds is 12. The van der Waals surface area contributed by atoms with Gasteiger partial charge in [-0.3, -0.25) is 0 Å². The molecular weight excluding hydrogens is 480 g/mol. The van der Waals surface area contributed by atoms with Crippen molar-refractivity contribution in [3.05, 3.63) is 47.5 Å². The molecule has 1 aromatic carbocycles. The van der Waals surface area contributed by atoms with Crippen molar-refractivity contribution in [2.75, 3.05) is 26.6 Å². The molecule has 0 unspecified atom stereocenters. The van der Waals surface area contributed by atoms with Gasteiger partial charge in [-0.2, -0.15) is 0 Å². The van der Waals surface area contributed by atoms with Crippen molar-refractivity contribution in [3.8, 4) is 0 Å². The average molecular weight is 523 g/mol. The third-order valence-corrected chi connectivity index (χ3v) is 8.49. The first kappa shape index (κ1) is 27.9. The van der Waals surface area contributed by atoms with Crippen LogP contribution in [0.1, 0.15) is 26.3 Å². The van der Waals surface area contributed by atoms with Gasteiger partial charge in [0, 0.05) is 14.7 Å². The smallest absolute Gasteiger partial charge is 0.187 e. The van der Waals surface area contributed by atoms with Gasteiger partial charge in [0.15, 0.2) is 17.7 Å². The van der Waals surface area contributed by atoms with E-state index in [1.807, 2.05) is 57.2 Å². The highest BCUT2D eigenvalue weighted by Crippen LogP contribution is 2.49. The highest BCUT2D eigenvalue weighted by atomic mass is 28.3. The summed E-state index contributed by atoms with van der Waals surface area (Å²) in [6.07, 6.45) is -0.559. The fourth-order valence-electron chi connectivity index (χ4n) is 4.97. The fourth-order valence-corrected chi connectivity index (χ4v) is 5.73. The molecule has 2 saturated heterocycles. The summed E-state index contributed by atoms with van der Waals surface area (Å²) in [6.45, 7) is 14.0. The number of aliphatic hydroxyl groups is 1. The molecule has 4 rings (SSSR count). The average Bonchev–Trinajstić information content (AvgIpc) is 3.44. The van der Waals surface area contributed by atoms with Gasteiger partial charge in [-0.25, -0.2) is 0 Å². The fraction of sp³-hybridized carbons (Fsp3) is 0.704. The Hall–Kier alpha value is -1.14. The number of fused-ring (bicyclic) bond motifs is 1. The van der Waals surface area contributed by atoms with Gasteiger partial charge < -0.3 is 38.3 Å². The van der Waals surface area contributed by atoms with Gasteiger partial charge >= 0.3 is 0 Å². The number of ether oxygens (including phenoxy) is 7. The molecule has 2 fully saturated rings. The summed E-state index contributed by atoms with van der Waals surface area (Å²) in [5, 5.41) is 10.7. The summed E-state index contributed by atoms with van der Waals surface area (Å²) in [7, 11) is -1.13. The zero-order valence-corrected chi connectivity index (χ0v) is 23.4. The summed E-state index contributed by atoms with van der Waals surface area (Å²) in [6, 6.07) is 11.0. The summed E-state index contributed by atoms with van der Waals surface area (Å²) < 4.78 is 42.7. The number of hydrogen-bond donors (Lipinski definition) is 1. The molecule has 0 spiro atoms. The van der Waals surface area contributed by atoms with Crippen LogP contribution >= 0.6 is 0 Å². The van der Waals surface area contributed by atoms with Crippen LogP contribution in [0.3, 0.4) is 0 Å². The predicted molar refractivity (Wildman–Crippen MR) is 137 cm³/mol. The zero-order chi connectivity index (χ0) is 26.0. The molecule has 8 nitrogen and oxygen atoms in total. The first-order valence-corrected chi connectivity index (χ1v) is 16.5. The van der Waals surface area contributed by atoms with E-state index in [-0.39, 0.29) is 19.5 Å². The molecule has 0 amide bonds. The second-order valence-electron chi connectivity index (χ2n) is 11.6. The molecule has 0 radical (unpaired) electrons. The summed E-state index contributed by atoms with van der Waals surface area (Å²) in [4.78, 5) is 0. The van der Waals surface area contributed by atoms with Crippen molar-refractivity contribution in [1.29, 1.82) is 0 Å². The first-order valence-electron chi connectivity index (χ1n) is 12.8. The maximum absolute atomic E-state index is 10.7. The van der Waals surface area contributed by atoms with Gasteiger partial charge in [-0.1, -0.05) is 56.0 Å². The molecule has 0 aromatic heterocycles. The molecule has 9 heteroatoms. The van der Waals surface area contributed by atoms with Gasteiger partial charge in [0.2, 0.25) is 0 Å². The van der Waals surface area contributed by atoms with E-state index in [0.717, 1.165) is 17.2 Å². The zero-order valence-electron chi connectivity index (χ0n) is 22.4. The Labute approximate surface area is 215 Å². The number of aliphatic hydroxyl groups excluding tert-OH is 1. The van der Waals surface area contributed by atoms with Crippen LogP contribution in [0.25, 0.3) is 0 Å². The lowest BCUT2D eigenvalue weighted by Gasteiger charge is -2.38. The molecule has 0 aliphatic carbocycles. The third kappa shape index (κ3) is 6.46. The van der Waals surface area contributed by atoms with Gasteiger partial charge in [0.1, 0.15) is 31.2 Å². The second kappa shape index (κ2) is 11.3.